The van der Waals surface area contributed by atoms with Crippen LogP contribution in [0.25, 0.3) is 0 Å². The summed E-state index contributed by atoms with van der Waals surface area (Å²) in [5, 5.41) is 11.5. The molecule has 0 atom stereocenters. The molecule has 2 aromatic rings. The highest BCUT2D eigenvalue weighted by Gasteiger charge is 2.17. The van der Waals surface area contributed by atoms with Gasteiger partial charge < -0.3 is 10.1 Å². The molecule has 0 saturated heterocycles. The van der Waals surface area contributed by atoms with E-state index in [4.69, 9.17) is 4.74 Å². The van der Waals surface area contributed by atoms with Gasteiger partial charge in [0.05, 0.1) is 7.11 Å². The molecule has 0 aliphatic carbocycles. The fourth-order valence-electron chi connectivity index (χ4n) is 1.87. The van der Waals surface area contributed by atoms with Gasteiger partial charge in [-0.3, -0.25) is 4.79 Å². The van der Waals surface area contributed by atoms with E-state index in [0.29, 0.717) is 11.6 Å². The van der Waals surface area contributed by atoms with Crippen molar-refractivity contribution in [1.82, 2.24) is 10.2 Å². The minimum absolute atomic E-state index is 0.0296. The third-order valence-electron chi connectivity index (χ3n) is 2.84. The molecule has 0 bridgehead atoms. The molecule has 0 aliphatic heterocycles. The van der Waals surface area contributed by atoms with Crippen LogP contribution in [0, 0.1) is 5.41 Å². The zero-order valence-corrected chi connectivity index (χ0v) is 15.4. The summed E-state index contributed by atoms with van der Waals surface area (Å²) in [4.78, 5) is 11.9. The number of carbonyl (C=O) groups excluding carboxylic acids is 1. The van der Waals surface area contributed by atoms with Crippen molar-refractivity contribution < 1.29 is 9.53 Å². The van der Waals surface area contributed by atoms with Gasteiger partial charge in [-0.1, -0.05) is 56.0 Å². The first-order valence-electron chi connectivity index (χ1n) is 7.25. The Hall–Kier alpha value is -1.60. The number of ether oxygens (including phenoxy) is 1. The highest BCUT2D eigenvalue weighted by Crippen LogP contribution is 2.29. The van der Waals surface area contributed by atoms with Gasteiger partial charge >= 0.3 is 0 Å². The van der Waals surface area contributed by atoms with Gasteiger partial charge in [0.25, 0.3) is 0 Å². The average molecular weight is 351 g/mol. The number of benzene rings is 1. The number of thioether (sulfide) groups is 1. The summed E-state index contributed by atoms with van der Waals surface area (Å²) in [5.41, 5.74) is 1.11. The van der Waals surface area contributed by atoms with Crippen molar-refractivity contribution >= 4 is 34.1 Å². The Morgan fingerprint density at radius 3 is 2.83 bits per heavy atom. The Kier molecular flexibility index (Phi) is 6.01. The number of rotatable bonds is 6. The molecular formula is C16H21N3O2S2. The molecule has 0 fully saturated rings. The standard InChI is InChI=1S/C16H21N3O2S2/c1-16(2,3)9-13(20)17-14-18-19-15(23-14)22-10-11-6-5-7-12(8-11)21-4/h5-8H,9-10H2,1-4H3,(H,17,18,20). The van der Waals surface area contributed by atoms with Gasteiger partial charge in [0.15, 0.2) is 4.34 Å². The number of nitrogens with one attached hydrogen (secondary N) is 1. The zero-order valence-electron chi connectivity index (χ0n) is 13.8. The van der Waals surface area contributed by atoms with Crippen molar-refractivity contribution in [3.05, 3.63) is 29.8 Å². The SMILES string of the molecule is COc1cccc(CSc2nnc(NC(=O)CC(C)(C)C)s2)c1. The summed E-state index contributed by atoms with van der Waals surface area (Å²) in [6.07, 6.45) is 0.457. The molecule has 124 valence electrons. The Morgan fingerprint density at radius 1 is 1.35 bits per heavy atom. The van der Waals surface area contributed by atoms with Crippen molar-refractivity contribution in [2.75, 3.05) is 12.4 Å². The topological polar surface area (TPSA) is 64.1 Å². The first-order chi connectivity index (χ1) is 10.9. The third-order valence-corrected chi connectivity index (χ3v) is 4.88. The second-order valence-electron chi connectivity index (χ2n) is 6.30. The molecule has 5 nitrogen and oxygen atoms in total. The smallest absolute Gasteiger partial charge is 0.226 e. The van der Waals surface area contributed by atoms with Gasteiger partial charge in [-0.15, -0.1) is 10.2 Å². The van der Waals surface area contributed by atoms with Crippen molar-refractivity contribution in [2.45, 2.75) is 37.3 Å². The van der Waals surface area contributed by atoms with Crippen LogP contribution in [0.4, 0.5) is 5.13 Å². The second kappa shape index (κ2) is 7.79. The lowest BCUT2D eigenvalue weighted by Gasteiger charge is -2.16. The van der Waals surface area contributed by atoms with Crippen LogP contribution in [0.2, 0.25) is 0 Å². The van der Waals surface area contributed by atoms with Crippen molar-refractivity contribution in [3.63, 3.8) is 0 Å². The van der Waals surface area contributed by atoms with Crippen LogP contribution >= 0.6 is 23.1 Å². The molecule has 0 radical (unpaired) electrons. The van der Waals surface area contributed by atoms with Crippen molar-refractivity contribution in [3.8, 4) is 5.75 Å². The van der Waals surface area contributed by atoms with Crippen LogP contribution in [-0.4, -0.2) is 23.2 Å². The Morgan fingerprint density at radius 2 is 2.13 bits per heavy atom. The maximum atomic E-state index is 11.9. The molecule has 0 aliphatic rings. The van der Waals surface area contributed by atoms with Gasteiger partial charge in [0.1, 0.15) is 5.75 Å². The molecule has 1 heterocycles. The fraction of sp³-hybridized carbons (Fsp3) is 0.438. The number of amides is 1. The number of aromatic nitrogens is 2. The minimum Gasteiger partial charge on any atom is -0.497 e. The zero-order chi connectivity index (χ0) is 16.9. The van der Waals surface area contributed by atoms with E-state index in [1.165, 1.54) is 11.3 Å². The molecule has 23 heavy (non-hydrogen) atoms. The van der Waals surface area contributed by atoms with Crippen LogP contribution < -0.4 is 10.1 Å². The van der Waals surface area contributed by atoms with Crippen LogP contribution in [0.1, 0.15) is 32.8 Å². The number of anilines is 1. The van der Waals surface area contributed by atoms with E-state index in [-0.39, 0.29) is 11.3 Å². The molecule has 7 heteroatoms. The minimum atomic E-state index is -0.0429. The predicted octanol–water partition coefficient (Wildman–Crippen LogP) is 4.21. The Balaban J connectivity index is 1.88. The first-order valence-corrected chi connectivity index (χ1v) is 9.05. The second-order valence-corrected chi connectivity index (χ2v) is 8.50. The van der Waals surface area contributed by atoms with Crippen LogP contribution in [0.3, 0.4) is 0 Å². The summed E-state index contributed by atoms with van der Waals surface area (Å²) >= 11 is 2.99. The number of hydrogen-bond donors (Lipinski definition) is 1. The summed E-state index contributed by atoms with van der Waals surface area (Å²) < 4.78 is 6.04. The maximum absolute atomic E-state index is 11.9. The highest BCUT2D eigenvalue weighted by molar-refractivity contribution is 8.00. The van der Waals surface area contributed by atoms with Crippen LogP contribution in [0.15, 0.2) is 28.6 Å². The maximum Gasteiger partial charge on any atom is 0.226 e. The molecular weight excluding hydrogens is 330 g/mol. The fourth-order valence-corrected chi connectivity index (χ4v) is 3.58. The summed E-state index contributed by atoms with van der Waals surface area (Å²) in [7, 11) is 1.66. The molecule has 0 unspecified atom stereocenters. The molecule has 1 aromatic heterocycles. The summed E-state index contributed by atoms with van der Waals surface area (Å²) in [5.74, 6) is 1.59. The molecule has 0 spiro atoms. The van der Waals surface area contributed by atoms with E-state index in [1.807, 2.05) is 45.0 Å². The van der Waals surface area contributed by atoms with E-state index in [1.54, 1.807) is 18.9 Å². The number of nitrogens with zero attached hydrogens (tertiary/aromatic N) is 2. The predicted molar refractivity (Wildman–Crippen MR) is 95.2 cm³/mol. The van der Waals surface area contributed by atoms with E-state index < -0.39 is 0 Å². The molecule has 1 amide bonds. The van der Waals surface area contributed by atoms with Gasteiger partial charge in [-0.25, -0.2) is 0 Å². The lowest BCUT2D eigenvalue weighted by Crippen LogP contribution is -2.19. The summed E-state index contributed by atoms with van der Waals surface area (Å²) in [6, 6.07) is 7.93. The average Bonchev–Trinajstić information content (AvgIpc) is 2.90. The molecule has 0 saturated carbocycles. The van der Waals surface area contributed by atoms with Crippen LogP contribution in [0.5, 0.6) is 5.75 Å². The largest absolute Gasteiger partial charge is 0.497 e. The van der Waals surface area contributed by atoms with Crippen molar-refractivity contribution in [2.24, 2.45) is 5.41 Å². The van der Waals surface area contributed by atoms with E-state index in [9.17, 15) is 4.79 Å². The molecule has 1 aromatic carbocycles. The van der Waals surface area contributed by atoms with Gasteiger partial charge in [-0.05, 0) is 23.1 Å². The van der Waals surface area contributed by atoms with E-state index in [2.05, 4.69) is 15.5 Å². The summed E-state index contributed by atoms with van der Waals surface area (Å²) in [6.45, 7) is 6.09. The van der Waals surface area contributed by atoms with Gasteiger partial charge in [0.2, 0.25) is 11.0 Å². The quantitative estimate of drug-likeness (QED) is 0.624. The van der Waals surface area contributed by atoms with Crippen molar-refractivity contribution in [1.29, 1.82) is 0 Å². The lowest BCUT2D eigenvalue weighted by atomic mass is 9.92. The number of carbonyl (C=O) groups is 1. The van der Waals surface area contributed by atoms with Crippen LogP contribution in [-0.2, 0) is 10.5 Å². The molecule has 2 rings (SSSR count). The van der Waals surface area contributed by atoms with Gasteiger partial charge in [-0.2, -0.15) is 0 Å². The van der Waals surface area contributed by atoms with Gasteiger partial charge in [0, 0.05) is 12.2 Å². The van der Waals surface area contributed by atoms with E-state index in [0.717, 1.165) is 21.4 Å². The Labute approximate surface area is 144 Å². The molecule has 1 N–H and O–H groups in total. The lowest BCUT2D eigenvalue weighted by molar-refractivity contribution is -0.117. The number of methoxy groups -OCH3 is 1. The highest BCUT2D eigenvalue weighted by atomic mass is 32.2. The number of hydrogen-bond acceptors (Lipinski definition) is 6. The van der Waals surface area contributed by atoms with E-state index >= 15 is 0 Å². The first kappa shape index (κ1) is 17.7. The Bertz CT molecular complexity index is 665. The normalized spacial score (nSPS) is 11.3. The third kappa shape index (κ3) is 6.19. The monoisotopic (exact) mass is 351 g/mol.